The lowest BCUT2D eigenvalue weighted by Crippen LogP contribution is -2.37. The molecule has 0 spiro atoms. The van der Waals surface area contributed by atoms with Crippen LogP contribution in [-0.2, 0) is 9.59 Å². The van der Waals surface area contributed by atoms with Crippen LogP contribution in [-0.4, -0.2) is 24.9 Å². The number of anilines is 1. The SMILES string of the molecule is CCNC(=O)CNC1C(=O)Nc2cc(Br)ccc21. The van der Waals surface area contributed by atoms with Crippen LogP contribution in [0.5, 0.6) is 0 Å². The number of nitrogens with one attached hydrogen (secondary N) is 3. The van der Waals surface area contributed by atoms with Gasteiger partial charge < -0.3 is 10.6 Å². The van der Waals surface area contributed by atoms with Crippen molar-refractivity contribution in [1.29, 1.82) is 0 Å². The molecule has 1 aliphatic heterocycles. The highest BCUT2D eigenvalue weighted by atomic mass is 79.9. The van der Waals surface area contributed by atoms with Gasteiger partial charge in [-0.1, -0.05) is 22.0 Å². The van der Waals surface area contributed by atoms with E-state index in [9.17, 15) is 9.59 Å². The molecule has 6 heteroatoms. The van der Waals surface area contributed by atoms with Crippen LogP contribution in [0, 0.1) is 0 Å². The molecule has 1 atom stereocenters. The van der Waals surface area contributed by atoms with Gasteiger partial charge in [0.15, 0.2) is 0 Å². The zero-order valence-corrected chi connectivity index (χ0v) is 11.5. The number of likely N-dealkylation sites (N-methyl/N-ethyl adjacent to an activating group) is 1. The van der Waals surface area contributed by atoms with Gasteiger partial charge in [0.25, 0.3) is 0 Å². The van der Waals surface area contributed by atoms with Crippen LogP contribution in [0.1, 0.15) is 18.5 Å². The number of carbonyl (C=O) groups is 2. The number of hydrogen-bond donors (Lipinski definition) is 3. The number of rotatable bonds is 4. The monoisotopic (exact) mass is 311 g/mol. The van der Waals surface area contributed by atoms with Crippen LogP contribution < -0.4 is 16.0 Å². The molecule has 0 aliphatic carbocycles. The molecule has 0 radical (unpaired) electrons. The number of carbonyl (C=O) groups excluding carboxylic acids is 2. The van der Waals surface area contributed by atoms with E-state index >= 15 is 0 Å². The number of amides is 2. The standard InChI is InChI=1S/C12H14BrN3O2/c1-2-14-10(17)6-15-11-8-4-3-7(13)5-9(8)16-12(11)18/h3-5,11,15H,2,6H2,1H3,(H,14,17)(H,16,18). The van der Waals surface area contributed by atoms with Crippen LogP contribution in [0.2, 0.25) is 0 Å². The Balaban J connectivity index is 2.06. The Morgan fingerprint density at radius 2 is 2.28 bits per heavy atom. The summed E-state index contributed by atoms with van der Waals surface area (Å²) in [5.74, 6) is -0.247. The van der Waals surface area contributed by atoms with Crippen molar-refractivity contribution in [3.05, 3.63) is 28.2 Å². The van der Waals surface area contributed by atoms with Crippen LogP contribution >= 0.6 is 15.9 Å². The Labute approximate surface area is 113 Å². The maximum absolute atomic E-state index is 11.8. The Kier molecular flexibility index (Phi) is 3.98. The van der Waals surface area contributed by atoms with Gasteiger partial charge in [0.2, 0.25) is 11.8 Å². The quantitative estimate of drug-likeness (QED) is 0.781. The topological polar surface area (TPSA) is 70.2 Å². The summed E-state index contributed by atoms with van der Waals surface area (Å²) in [5, 5.41) is 8.41. The molecule has 1 aliphatic rings. The average Bonchev–Trinajstić information content (AvgIpc) is 2.61. The molecule has 0 fully saturated rings. The molecular formula is C12H14BrN3O2. The summed E-state index contributed by atoms with van der Waals surface area (Å²) in [6.07, 6.45) is 0. The third kappa shape index (κ3) is 2.70. The highest BCUT2D eigenvalue weighted by molar-refractivity contribution is 9.10. The number of fused-ring (bicyclic) bond motifs is 1. The summed E-state index contributed by atoms with van der Waals surface area (Å²) in [6.45, 7) is 2.56. The van der Waals surface area contributed by atoms with Gasteiger partial charge in [-0.15, -0.1) is 0 Å². The fraction of sp³-hybridized carbons (Fsp3) is 0.333. The van der Waals surface area contributed by atoms with E-state index in [-0.39, 0.29) is 18.4 Å². The van der Waals surface area contributed by atoms with Gasteiger partial charge in [-0.3, -0.25) is 14.9 Å². The molecule has 96 valence electrons. The van der Waals surface area contributed by atoms with E-state index in [1.54, 1.807) is 0 Å². The Morgan fingerprint density at radius 1 is 1.50 bits per heavy atom. The first kappa shape index (κ1) is 13.0. The summed E-state index contributed by atoms with van der Waals surface area (Å²) in [6, 6.07) is 5.13. The lowest BCUT2D eigenvalue weighted by molar-refractivity contribution is -0.121. The summed E-state index contributed by atoms with van der Waals surface area (Å²) < 4.78 is 0.908. The summed E-state index contributed by atoms with van der Waals surface area (Å²) in [7, 11) is 0. The number of benzene rings is 1. The largest absolute Gasteiger partial charge is 0.355 e. The zero-order chi connectivity index (χ0) is 13.1. The minimum absolute atomic E-state index is 0.115. The fourth-order valence-corrected chi connectivity index (χ4v) is 2.25. The Bertz CT molecular complexity index is 490. The van der Waals surface area contributed by atoms with Gasteiger partial charge in [-0.25, -0.2) is 0 Å². The van der Waals surface area contributed by atoms with E-state index in [4.69, 9.17) is 0 Å². The van der Waals surface area contributed by atoms with Crippen molar-refractivity contribution in [3.8, 4) is 0 Å². The highest BCUT2D eigenvalue weighted by Gasteiger charge is 2.30. The van der Waals surface area contributed by atoms with Crippen molar-refractivity contribution in [1.82, 2.24) is 10.6 Å². The van der Waals surface area contributed by atoms with E-state index in [2.05, 4.69) is 31.9 Å². The predicted molar refractivity (Wildman–Crippen MR) is 72.2 cm³/mol. The van der Waals surface area contributed by atoms with Gasteiger partial charge in [0, 0.05) is 22.3 Å². The maximum atomic E-state index is 11.8. The average molecular weight is 312 g/mol. The molecule has 0 aromatic heterocycles. The van der Waals surface area contributed by atoms with Crippen molar-refractivity contribution in [2.75, 3.05) is 18.4 Å². The third-order valence-corrected chi connectivity index (χ3v) is 3.18. The Hall–Kier alpha value is -1.40. The highest BCUT2D eigenvalue weighted by Crippen LogP contribution is 2.32. The van der Waals surface area contributed by atoms with Crippen LogP contribution in [0.25, 0.3) is 0 Å². The summed E-state index contributed by atoms with van der Waals surface area (Å²) >= 11 is 3.35. The van der Waals surface area contributed by atoms with Crippen LogP contribution in [0.3, 0.4) is 0 Å². The van der Waals surface area contributed by atoms with E-state index in [0.29, 0.717) is 6.54 Å². The molecule has 2 amide bonds. The third-order valence-electron chi connectivity index (χ3n) is 2.69. The first-order valence-electron chi connectivity index (χ1n) is 5.72. The smallest absolute Gasteiger partial charge is 0.246 e. The minimum Gasteiger partial charge on any atom is -0.355 e. The normalized spacial score (nSPS) is 17.2. The molecular weight excluding hydrogens is 298 g/mol. The summed E-state index contributed by atoms with van der Waals surface area (Å²) in [4.78, 5) is 23.2. The first-order chi connectivity index (χ1) is 8.61. The van der Waals surface area contributed by atoms with Gasteiger partial charge in [0.05, 0.1) is 6.54 Å². The minimum atomic E-state index is -0.462. The van der Waals surface area contributed by atoms with Crippen molar-refractivity contribution in [2.45, 2.75) is 13.0 Å². The molecule has 1 aromatic carbocycles. The van der Waals surface area contributed by atoms with Crippen molar-refractivity contribution < 1.29 is 9.59 Å². The lowest BCUT2D eigenvalue weighted by Gasteiger charge is -2.11. The second kappa shape index (κ2) is 5.49. The molecule has 2 rings (SSSR count). The molecule has 18 heavy (non-hydrogen) atoms. The molecule has 1 aromatic rings. The van der Waals surface area contributed by atoms with E-state index in [0.717, 1.165) is 15.7 Å². The Morgan fingerprint density at radius 3 is 3.00 bits per heavy atom. The molecule has 0 saturated heterocycles. The summed E-state index contributed by atoms with van der Waals surface area (Å²) in [5.41, 5.74) is 1.65. The predicted octanol–water partition coefficient (Wildman–Crippen LogP) is 1.17. The number of halogens is 1. The van der Waals surface area contributed by atoms with Gasteiger partial charge in [0.1, 0.15) is 6.04 Å². The van der Waals surface area contributed by atoms with E-state index < -0.39 is 6.04 Å². The van der Waals surface area contributed by atoms with Crippen molar-refractivity contribution in [2.24, 2.45) is 0 Å². The second-order valence-corrected chi connectivity index (χ2v) is 4.90. The molecule has 5 nitrogen and oxygen atoms in total. The molecule has 3 N–H and O–H groups in total. The molecule has 0 bridgehead atoms. The maximum Gasteiger partial charge on any atom is 0.246 e. The van der Waals surface area contributed by atoms with E-state index in [1.165, 1.54) is 0 Å². The lowest BCUT2D eigenvalue weighted by atomic mass is 10.1. The molecule has 1 heterocycles. The zero-order valence-electron chi connectivity index (χ0n) is 9.92. The van der Waals surface area contributed by atoms with E-state index in [1.807, 2.05) is 25.1 Å². The first-order valence-corrected chi connectivity index (χ1v) is 6.51. The van der Waals surface area contributed by atoms with Gasteiger partial charge >= 0.3 is 0 Å². The fourth-order valence-electron chi connectivity index (χ4n) is 1.89. The van der Waals surface area contributed by atoms with Crippen molar-refractivity contribution in [3.63, 3.8) is 0 Å². The second-order valence-electron chi connectivity index (χ2n) is 3.99. The van der Waals surface area contributed by atoms with Gasteiger partial charge in [-0.2, -0.15) is 0 Å². The van der Waals surface area contributed by atoms with Crippen molar-refractivity contribution >= 4 is 33.4 Å². The molecule has 1 unspecified atom stereocenters. The molecule has 0 saturated carbocycles. The van der Waals surface area contributed by atoms with Crippen LogP contribution in [0.15, 0.2) is 22.7 Å². The number of hydrogen-bond acceptors (Lipinski definition) is 3. The van der Waals surface area contributed by atoms with Gasteiger partial charge in [-0.05, 0) is 19.1 Å². The van der Waals surface area contributed by atoms with Crippen LogP contribution in [0.4, 0.5) is 5.69 Å².